The van der Waals surface area contributed by atoms with E-state index >= 15 is 0 Å². The summed E-state index contributed by atoms with van der Waals surface area (Å²) >= 11 is 0. The van der Waals surface area contributed by atoms with Crippen molar-refractivity contribution in [2.75, 3.05) is 11.9 Å². The molecule has 1 atom stereocenters. The highest BCUT2D eigenvalue weighted by molar-refractivity contribution is 5.96. The molecule has 0 fully saturated rings. The monoisotopic (exact) mass is 289 g/mol. The highest BCUT2D eigenvalue weighted by Crippen LogP contribution is 2.13. The first-order valence-electron chi connectivity index (χ1n) is 5.70. The predicted molar refractivity (Wildman–Crippen MR) is 67.1 cm³/mol. The highest BCUT2D eigenvalue weighted by atomic mass is 19.4. The summed E-state index contributed by atoms with van der Waals surface area (Å²) < 4.78 is 35.8. The van der Waals surface area contributed by atoms with Crippen molar-refractivity contribution in [2.24, 2.45) is 5.73 Å². The van der Waals surface area contributed by atoms with Gasteiger partial charge in [0.05, 0.1) is 6.04 Å². The molecule has 5 nitrogen and oxygen atoms in total. The summed E-state index contributed by atoms with van der Waals surface area (Å²) in [6, 6.07) is 4.74. The molecule has 0 aliphatic rings. The number of nitrogens with one attached hydrogen (secondary N) is 2. The standard InChI is InChI=1S/C12H14F3N3O2/c1-7(16)10(19)18-9-4-2-8(3-5-9)11(20)17-6-12(13,14)15/h2-5,7H,6,16H2,1H3,(H,17,20)(H,18,19)/t7-/m0/s1. The van der Waals surface area contributed by atoms with Crippen LogP contribution in [-0.2, 0) is 4.79 Å². The van der Waals surface area contributed by atoms with E-state index in [4.69, 9.17) is 5.73 Å². The Balaban J connectivity index is 2.62. The molecule has 0 aromatic heterocycles. The fourth-order valence-corrected chi connectivity index (χ4v) is 1.24. The molecule has 0 radical (unpaired) electrons. The van der Waals surface area contributed by atoms with E-state index in [1.54, 1.807) is 5.32 Å². The molecule has 2 amide bonds. The fourth-order valence-electron chi connectivity index (χ4n) is 1.24. The maximum atomic E-state index is 11.9. The molecule has 0 unspecified atom stereocenters. The summed E-state index contributed by atoms with van der Waals surface area (Å²) in [5.41, 5.74) is 5.82. The minimum Gasteiger partial charge on any atom is -0.343 e. The molecule has 20 heavy (non-hydrogen) atoms. The number of carbonyl (C=O) groups excluding carboxylic acids is 2. The van der Waals surface area contributed by atoms with Gasteiger partial charge >= 0.3 is 6.18 Å². The van der Waals surface area contributed by atoms with Crippen LogP contribution in [0.2, 0.25) is 0 Å². The fraction of sp³-hybridized carbons (Fsp3) is 0.333. The van der Waals surface area contributed by atoms with Gasteiger partial charge in [0, 0.05) is 11.3 Å². The lowest BCUT2D eigenvalue weighted by molar-refractivity contribution is -0.123. The van der Waals surface area contributed by atoms with Gasteiger partial charge in [-0.15, -0.1) is 0 Å². The largest absolute Gasteiger partial charge is 0.405 e. The highest BCUT2D eigenvalue weighted by Gasteiger charge is 2.27. The van der Waals surface area contributed by atoms with Gasteiger partial charge in [-0.1, -0.05) is 0 Å². The molecule has 8 heteroatoms. The zero-order valence-corrected chi connectivity index (χ0v) is 10.6. The number of hydrogen-bond donors (Lipinski definition) is 3. The molecule has 0 bridgehead atoms. The smallest absolute Gasteiger partial charge is 0.343 e. The molecule has 0 aliphatic heterocycles. The van der Waals surface area contributed by atoms with Crippen molar-refractivity contribution in [3.05, 3.63) is 29.8 Å². The van der Waals surface area contributed by atoms with E-state index in [0.717, 1.165) is 0 Å². The van der Waals surface area contributed by atoms with E-state index in [1.807, 2.05) is 0 Å². The average Bonchev–Trinajstić information content (AvgIpc) is 2.35. The van der Waals surface area contributed by atoms with E-state index in [-0.39, 0.29) is 5.56 Å². The number of anilines is 1. The van der Waals surface area contributed by atoms with Crippen LogP contribution in [0.15, 0.2) is 24.3 Å². The number of benzene rings is 1. The summed E-state index contributed by atoms with van der Waals surface area (Å²) in [7, 11) is 0. The molecular formula is C12H14F3N3O2. The lowest BCUT2D eigenvalue weighted by Gasteiger charge is -2.10. The van der Waals surface area contributed by atoms with Crippen LogP contribution < -0.4 is 16.4 Å². The number of rotatable bonds is 4. The third-order valence-electron chi connectivity index (χ3n) is 2.28. The second-order valence-electron chi connectivity index (χ2n) is 4.15. The van der Waals surface area contributed by atoms with Gasteiger partial charge < -0.3 is 16.4 Å². The van der Waals surface area contributed by atoms with Gasteiger partial charge in [-0.2, -0.15) is 13.2 Å². The molecule has 0 spiro atoms. The molecule has 0 saturated carbocycles. The molecule has 110 valence electrons. The van der Waals surface area contributed by atoms with E-state index in [2.05, 4.69) is 5.32 Å². The van der Waals surface area contributed by atoms with E-state index in [9.17, 15) is 22.8 Å². The molecule has 4 N–H and O–H groups in total. The zero-order valence-electron chi connectivity index (χ0n) is 10.6. The van der Waals surface area contributed by atoms with Crippen LogP contribution in [0.1, 0.15) is 17.3 Å². The van der Waals surface area contributed by atoms with Gasteiger partial charge in [0.2, 0.25) is 5.91 Å². The summed E-state index contributed by atoms with van der Waals surface area (Å²) in [6.07, 6.45) is -4.46. The molecule has 1 aromatic carbocycles. The van der Waals surface area contributed by atoms with Crippen LogP contribution in [0.3, 0.4) is 0 Å². The normalized spacial score (nSPS) is 12.7. The number of halogens is 3. The second-order valence-corrected chi connectivity index (χ2v) is 4.15. The first-order valence-corrected chi connectivity index (χ1v) is 5.70. The second kappa shape index (κ2) is 6.38. The number of amides is 2. The lowest BCUT2D eigenvalue weighted by atomic mass is 10.2. The topological polar surface area (TPSA) is 84.2 Å². The summed E-state index contributed by atoms with van der Waals surface area (Å²) in [5, 5.41) is 4.23. The van der Waals surface area contributed by atoms with Gasteiger partial charge in [0.15, 0.2) is 0 Å². The van der Waals surface area contributed by atoms with Crippen molar-refractivity contribution in [1.29, 1.82) is 0 Å². The van der Waals surface area contributed by atoms with Crippen molar-refractivity contribution in [3.8, 4) is 0 Å². The Morgan fingerprint density at radius 2 is 1.80 bits per heavy atom. The Morgan fingerprint density at radius 1 is 1.25 bits per heavy atom. The van der Waals surface area contributed by atoms with Crippen LogP contribution in [-0.4, -0.2) is 30.6 Å². The maximum absolute atomic E-state index is 11.9. The molecule has 0 saturated heterocycles. The average molecular weight is 289 g/mol. The summed E-state index contributed by atoms with van der Waals surface area (Å²) in [5.74, 6) is -1.24. The van der Waals surface area contributed by atoms with Crippen LogP contribution in [0.5, 0.6) is 0 Å². The van der Waals surface area contributed by atoms with Crippen molar-refractivity contribution < 1.29 is 22.8 Å². The van der Waals surface area contributed by atoms with Gasteiger partial charge in [-0.3, -0.25) is 9.59 Å². The predicted octanol–water partition coefficient (Wildman–Crippen LogP) is 1.26. The first kappa shape index (κ1) is 16.0. The Kier molecular flexibility index (Phi) is 5.09. The first-order chi connectivity index (χ1) is 9.19. The number of carbonyl (C=O) groups is 2. The molecule has 0 aliphatic carbocycles. The number of hydrogen-bond acceptors (Lipinski definition) is 3. The van der Waals surface area contributed by atoms with E-state index in [0.29, 0.717) is 5.69 Å². The Bertz CT molecular complexity index is 484. The molecule has 1 aromatic rings. The third-order valence-corrected chi connectivity index (χ3v) is 2.28. The molecular weight excluding hydrogens is 275 g/mol. The maximum Gasteiger partial charge on any atom is 0.405 e. The minimum atomic E-state index is -4.46. The van der Waals surface area contributed by atoms with Crippen LogP contribution in [0.25, 0.3) is 0 Å². The van der Waals surface area contributed by atoms with Crippen molar-refractivity contribution in [1.82, 2.24) is 5.32 Å². The van der Waals surface area contributed by atoms with Gasteiger partial charge in [-0.05, 0) is 31.2 Å². The van der Waals surface area contributed by atoms with Crippen molar-refractivity contribution in [3.63, 3.8) is 0 Å². The molecule has 0 heterocycles. The Hall–Kier alpha value is -2.09. The van der Waals surface area contributed by atoms with Crippen LogP contribution >= 0.6 is 0 Å². The zero-order chi connectivity index (χ0) is 15.3. The van der Waals surface area contributed by atoms with E-state index < -0.39 is 30.6 Å². The van der Waals surface area contributed by atoms with E-state index in [1.165, 1.54) is 31.2 Å². The van der Waals surface area contributed by atoms with Gasteiger partial charge in [-0.25, -0.2) is 0 Å². The van der Waals surface area contributed by atoms with Crippen LogP contribution in [0.4, 0.5) is 18.9 Å². The number of alkyl halides is 3. The quantitative estimate of drug-likeness (QED) is 0.780. The Labute approximate surface area is 113 Å². The van der Waals surface area contributed by atoms with Crippen molar-refractivity contribution >= 4 is 17.5 Å². The van der Waals surface area contributed by atoms with Gasteiger partial charge in [0.1, 0.15) is 6.54 Å². The lowest BCUT2D eigenvalue weighted by Crippen LogP contribution is -2.33. The third kappa shape index (κ3) is 5.27. The Morgan fingerprint density at radius 3 is 2.25 bits per heavy atom. The summed E-state index contributed by atoms with van der Waals surface area (Å²) in [4.78, 5) is 22.7. The minimum absolute atomic E-state index is 0.0630. The van der Waals surface area contributed by atoms with Crippen molar-refractivity contribution in [2.45, 2.75) is 19.1 Å². The van der Waals surface area contributed by atoms with Gasteiger partial charge in [0.25, 0.3) is 5.91 Å². The summed E-state index contributed by atoms with van der Waals surface area (Å²) in [6.45, 7) is 0.114. The molecule has 1 rings (SSSR count). The van der Waals surface area contributed by atoms with Crippen LogP contribution in [0, 0.1) is 0 Å². The number of nitrogens with two attached hydrogens (primary N) is 1. The SMILES string of the molecule is C[C@H](N)C(=O)Nc1ccc(C(=O)NCC(F)(F)F)cc1.